The largest absolute Gasteiger partial charge is 0.394 e. The van der Waals surface area contributed by atoms with Gasteiger partial charge >= 0.3 is 0 Å². The van der Waals surface area contributed by atoms with Gasteiger partial charge in [-0.1, -0.05) is 17.7 Å². The molecule has 1 aromatic rings. The Morgan fingerprint density at radius 1 is 1.14 bits per heavy atom. The molecule has 0 bridgehead atoms. The van der Waals surface area contributed by atoms with Crippen LogP contribution >= 0.6 is 0 Å². The molecule has 2 rings (SSSR count). The van der Waals surface area contributed by atoms with Crippen molar-refractivity contribution in [1.29, 1.82) is 0 Å². The van der Waals surface area contributed by atoms with Gasteiger partial charge in [-0.15, -0.1) is 0 Å². The topological polar surface area (TPSA) is 134 Å². The predicted octanol–water partition coefficient (Wildman–Crippen LogP) is -1.50. The van der Waals surface area contributed by atoms with E-state index in [1.54, 1.807) is 19.1 Å². The van der Waals surface area contributed by atoms with Crippen molar-refractivity contribution in [3.63, 3.8) is 0 Å². The lowest BCUT2D eigenvalue weighted by Crippen LogP contribution is -2.59. The summed E-state index contributed by atoms with van der Waals surface area (Å²) in [6.45, 7) is 1.14. The Kier molecular flexibility index (Phi) is 5.17. The van der Waals surface area contributed by atoms with Gasteiger partial charge in [-0.05, 0) is 19.1 Å². The summed E-state index contributed by atoms with van der Waals surface area (Å²) in [4.78, 5) is -0.156. The summed E-state index contributed by atoms with van der Waals surface area (Å²) in [5.74, 6) is 0. The number of rotatable bonds is 4. The van der Waals surface area contributed by atoms with Gasteiger partial charge in [0.05, 0.1) is 11.5 Å². The molecule has 1 aliphatic heterocycles. The molecule has 9 heteroatoms. The van der Waals surface area contributed by atoms with Gasteiger partial charge in [0.25, 0.3) is 10.1 Å². The minimum absolute atomic E-state index is 0.156. The summed E-state index contributed by atoms with van der Waals surface area (Å²) in [7, 11) is -4.26. The van der Waals surface area contributed by atoms with Crippen molar-refractivity contribution in [3.8, 4) is 0 Å². The van der Waals surface area contributed by atoms with E-state index < -0.39 is 47.4 Å². The molecule has 1 fully saturated rings. The van der Waals surface area contributed by atoms with E-state index in [2.05, 4.69) is 0 Å². The first kappa shape index (κ1) is 17.3. The zero-order valence-corrected chi connectivity index (χ0v) is 12.5. The smallest absolute Gasteiger partial charge is 0.297 e. The van der Waals surface area contributed by atoms with E-state index in [1.807, 2.05) is 0 Å². The van der Waals surface area contributed by atoms with Crippen LogP contribution in [-0.2, 0) is 19.0 Å². The predicted molar refractivity (Wildman–Crippen MR) is 73.2 cm³/mol. The Bertz CT molecular complexity index is 599. The van der Waals surface area contributed by atoms with Gasteiger partial charge < -0.3 is 25.2 Å². The van der Waals surface area contributed by atoms with Crippen molar-refractivity contribution in [3.05, 3.63) is 29.8 Å². The molecule has 0 aliphatic carbocycles. The maximum atomic E-state index is 12.1. The minimum Gasteiger partial charge on any atom is -0.394 e. The summed E-state index contributed by atoms with van der Waals surface area (Å²) in [6.07, 6.45) is -8.07. The molecule has 1 heterocycles. The lowest BCUT2D eigenvalue weighted by atomic mass is 9.99. The number of aryl methyl sites for hydroxylation is 1. The van der Waals surface area contributed by atoms with Crippen LogP contribution in [0.25, 0.3) is 0 Å². The van der Waals surface area contributed by atoms with Gasteiger partial charge in [0.2, 0.25) is 0 Å². The van der Waals surface area contributed by atoms with E-state index in [4.69, 9.17) is 14.0 Å². The molecule has 4 N–H and O–H groups in total. The van der Waals surface area contributed by atoms with Gasteiger partial charge in [-0.2, -0.15) is 8.42 Å². The summed E-state index contributed by atoms with van der Waals surface area (Å²) in [5.41, 5.74) is 0.848. The standard InChI is InChI=1S/C13H18O8S/c1-7-2-4-8(5-3-7)22(18,19)21-12-11(16)10(15)9(6-14)20-13(12)17/h2-5,9-17H,6H2,1H3/t9-,10+,11-,12-,13-/m0/s1. The highest BCUT2D eigenvalue weighted by Crippen LogP contribution is 2.25. The third kappa shape index (κ3) is 3.46. The van der Waals surface area contributed by atoms with Crippen LogP contribution in [0, 0.1) is 6.92 Å². The summed E-state index contributed by atoms with van der Waals surface area (Å²) in [6, 6.07) is 5.77. The molecule has 22 heavy (non-hydrogen) atoms. The van der Waals surface area contributed by atoms with Gasteiger partial charge in [0.15, 0.2) is 12.4 Å². The molecule has 0 aromatic heterocycles. The highest BCUT2D eigenvalue weighted by molar-refractivity contribution is 7.86. The van der Waals surface area contributed by atoms with Crippen LogP contribution in [0.3, 0.4) is 0 Å². The minimum atomic E-state index is -4.26. The highest BCUT2D eigenvalue weighted by Gasteiger charge is 2.46. The lowest BCUT2D eigenvalue weighted by molar-refractivity contribution is -0.279. The molecule has 5 atom stereocenters. The number of ether oxygens (including phenoxy) is 1. The molecule has 0 unspecified atom stereocenters. The van der Waals surface area contributed by atoms with E-state index in [9.17, 15) is 23.7 Å². The van der Waals surface area contributed by atoms with E-state index in [0.717, 1.165) is 5.56 Å². The second-order valence-corrected chi connectivity index (χ2v) is 6.63. The molecule has 124 valence electrons. The van der Waals surface area contributed by atoms with Crippen molar-refractivity contribution >= 4 is 10.1 Å². The van der Waals surface area contributed by atoms with E-state index >= 15 is 0 Å². The van der Waals surface area contributed by atoms with Crippen LogP contribution in [0.15, 0.2) is 29.2 Å². The molecular formula is C13H18O8S. The van der Waals surface area contributed by atoms with Crippen LogP contribution in [0.2, 0.25) is 0 Å². The van der Waals surface area contributed by atoms with Crippen molar-refractivity contribution in [1.82, 2.24) is 0 Å². The molecule has 1 aliphatic rings. The molecule has 8 nitrogen and oxygen atoms in total. The average Bonchev–Trinajstić information content (AvgIpc) is 2.48. The van der Waals surface area contributed by atoms with Crippen LogP contribution in [-0.4, -0.2) is 66.2 Å². The molecular weight excluding hydrogens is 316 g/mol. The number of benzene rings is 1. The lowest BCUT2D eigenvalue weighted by Gasteiger charge is -2.39. The molecule has 1 saturated heterocycles. The molecule has 0 amide bonds. The third-order valence-corrected chi connectivity index (χ3v) is 4.72. The van der Waals surface area contributed by atoms with Gasteiger partial charge in [-0.3, -0.25) is 4.18 Å². The first-order valence-electron chi connectivity index (χ1n) is 6.57. The zero-order chi connectivity index (χ0) is 16.5. The van der Waals surface area contributed by atoms with E-state index in [-0.39, 0.29) is 4.90 Å². The third-order valence-electron chi connectivity index (χ3n) is 3.39. The van der Waals surface area contributed by atoms with Crippen LogP contribution in [0.4, 0.5) is 0 Å². The van der Waals surface area contributed by atoms with E-state index in [1.165, 1.54) is 12.1 Å². The first-order valence-corrected chi connectivity index (χ1v) is 7.97. The number of hydrogen-bond acceptors (Lipinski definition) is 8. The quantitative estimate of drug-likeness (QED) is 0.489. The Balaban J connectivity index is 2.20. The van der Waals surface area contributed by atoms with Crippen molar-refractivity contribution in [2.45, 2.75) is 42.5 Å². The van der Waals surface area contributed by atoms with Crippen molar-refractivity contribution in [2.24, 2.45) is 0 Å². The fourth-order valence-electron chi connectivity index (χ4n) is 2.08. The molecule has 0 spiro atoms. The number of aliphatic hydroxyl groups is 4. The number of aliphatic hydroxyl groups excluding tert-OH is 4. The summed E-state index contributed by atoms with van der Waals surface area (Å²) >= 11 is 0. The Morgan fingerprint density at radius 2 is 1.73 bits per heavy atom. The zero-order valence-electron chi connectivity index (χ0n) is 11.7. The maximum Gasteiger partial charge on any atom is 0.297 e. The Labute approximate surface area is 127 Å². The van der Waals surface area contributed by atoms with Crippen molar-refractivity contribution in [2.75, 3.05) is 6.61 Å². The fraction of sp³-hybridized carbons (Fsp3) is 0.538. The van der Waals surface area contributed by atoms with Crippen LogP contribution in [0.5, 0.6) is 0 Å². The molecule has 0 radical (unpaired) electrons. The highest BCUT2D eigenvalue weighted by atomic mass is 32.2. The van der Waals surface area contributed by atoms with Crippen molar-refractivity contribution < 1.29 is 37.8 Å². The maximum absolute atomic E-state index is 12.1. The second kappa shape index (κ2) is 6.59. The number of hydrogen-bond donors (Lipinski definition) is 4. The second-order valence-electron chi connectivity index (χ2n) is 5.06. The first-order chi connectivity index (χ1) is 10.3. The van der Waals surface area contributed by atoms with E-state index in [0.29, 0.717) is 0 Å². The Hall–Kier alpha value is -1.07. The van der Waals surface area contributed by atoms with Gasteiger partial charge in [-0.25, -0.2) is 0 Å². The monoisotopic (exact) mass is 334 g/mol. The summed E-state index contributed by atoms with van der Waals surface area (Å²) < 4.78 is 33.9. The summed E-state index contributed by atoms with van der Waals surface area (Å²) in [5, 5.41) is 38.3. The fourth-order valence-corrected chi connectivity index (χ4v) is 3.16. The van der Waals surface area contributed by atoms with Crippen LogP contribution in [0.1, 0.15) is 5.56 Å². The normalized spacial score (nSPS) is 32.9. The van der Waals surface area contributed by atoms with Gasteiger partial charge in [0, 0.05) is 0 Å². The average molecular weight is 334 g/mol. The van der Waals surface area contributed by atoms with Gasteiger partial charge in [0.1, 0.15) is 18.3 Å². The SMILES string of the molecule is Cc1ccc(S(=O)(=O)O[C@H]2[C@@H](O)[C@H](O)[C@H](CO)O[C@@H]2O)cc1. The molecule has 1 aromatic carbocycles. The Morgan fingerprint density at radius 3 is 2.27 bits per heavy atom. The molecule has 0 saturated carbocycles. The van der Waals surface area contributed by atoms with Crippen LogP contribution < -0.4 is 0 Å².